The monoisotopic (exact) mass is 958 g/mol. The van der Waals surface area contributed by atoms with E-state index in [9.17, 15) is 27.2 Å². The zero-order valence-corrected chi connectivity index (χ0v) is 40.6. The summed E-state index contributed by atoms with van der Waals surface area (Å²) in [7, 11) is 2.24. The molecule has 6 aromatic heterocycles. The number of nitrogens with zero attached hydrogens (tertiary/aromatic N) is 9. The molecular formula is C46H54F4N12O5Si. The predicted molar refractivity (Wildman–Crippen MR) is 253 cm³/mol. The average molecular weight is 959 g/mol. The maximum Gasteiger partial charge on any atom is 0.387 e. The highest BCUT2D eigenvalue weighted by Crippen LogP contribution is 2.33. The lowest BCUT2D eigenvalue weighted by Gasteiger charge is -2.20. The Morgan fingerprint density at radius 1 is 0.735 bits per heavy atom. The lowest BCUT2D eigenvalue weighted by atomic mass is 10.1. The number of aromatic amines is 1. The minimum absolute atomic E-state index is 0.0163. The van der Waals surface area contributed by atoms with Crippen LogP contribution in [0.1, 0.15) is 62.3 Å². The van der Waals surface area contributed by atoms with Crippen molar-refractivity contribution < 1.29 is 41.4 Å². The number of H-pyrrole nitrogens is 1. The molecule has 68 heavy (non-hydrogen) atoms. The topological polar surface area (TPSA) is 194 Å². The fourth-order valence-corrected chi connectivity index (χ4v) is 7.94. The van der Waals surface area contributed by atoms with Crippen LogP contribution in [0.5, 0.6) is 11.5 Å². The number of ether oxygens (including phenoxy) is 3. The summed E-state index contributed by atoms with van der Waals surface area (Å²) in [4.78, 5) is 47.1. The number of nitrogens with one attached hydrogen (secondary N) is 3. The van der Waals surface area contributed by atoms with Crippen molar-refractivity contribution in [2.45, 2.75) is 98.3 Å². The van der Waals surface area contributed by atoms with Gasteiger partial charge in [-0.3, -0.25) is 19.0 Å². The van der Waals surface area contributed by atoms with E-state index in [4.69, 9.17) is 9.72 Å². The Hall–Kier alpha value is -6.94. The molecule has 0 saturated carbocycles. The number of aromatic nitrogens is 10. The van der Waals surface area contributed by atoms with Gasteiger partial charge in [-0.2, -0.15) is 27.8 Å². The highest BCUT2D eigenvalue weighted by atomic mass is 28.3. The molecule has 360 valence electrons. The van der Waals surface area contributed by atoms with Gasteiger partial charge in [0, 0.05) is 63.0 Å². The van der Waals surface area contributed by atoms with Crippen LogP contribution in [0.15, 0.2) is 61.2 Å². The fraction of sp³-hybridized carbons (Fsp3) is 0.391. The first kappa shape index (κ1) is 49.0. The number of benzene rings is 2. The lowest BCUT2D eigenvalue weighted by molar-refractivity contribution is -0.0504. The van der Waals surface area contributed by atoms with Gasteiger partial charge in [-0.1, -0.05) is 19.6 Å². The third kappa shape index (κ3) is 11.4. The highest BCUT2D eigenvalue weighted by molar-refractivity contribution is 6.76. The molecule has 17 nitrogen and oxygen atoms in total. The van der Waals surface area contributed by atoms with E-state index in [2.05, 4.69) is 69.9 Å². The van der Waals surface area contributed by atoms with Crippen LogP contribution in [0.4, 0.5) is 17.6 Å². The van der Waals surface area contributed by atoms with Gasteiger partial charge < -0.3 is 34.4 Å². The predicted octanol–water partition coefficient (Wildman–Crippen LogP) is 9.07. The quantitative estimate of drug-likeness (QED) is 0.0567. The van der Waals surface area contributed by atoms with Crippen molar-refractivity contribution in [3.63, 3.8) is 0 Å². The Balaban J connectivity index is 0.000000207. The van der Waals surface area contributed by atoms with Crippen molar-refractivity contribution in [1.29, 1.82) is 0 Å². The first-order valence-electron chi connectivity index (χ1n) is 21.6. The molecule has 0 aliphatic rings. The maximum atomic E-state index is 13.2. The SMILES string of the molecule is Cn1nc(-c2cnc3[nH]cc(C(=O)NC(C)(C)C)c3n2)c2cc(OC(F)F)ccc21.Cn1nc(-c2cnc3c(n2)c(C(=O)NC(C)(C)C)cn3COCC[Si](C)(C)C)c2cc(OC(F)F)ccc21. The van der Waals surface area contributed by atoms with Crippen LogP contribution in [-0.2, 0) is 25.6 Å². The maximum absolute atomic E-state index is 13.2. The molecule has 8 aromatic rings. The average Bonchev–Trinajstić information content (AvgIpc) is 3.99. The molecule has 2 amide bonds. The lowest BCUT2D eigenvalue weighted by Crippen LogP contribution is -2.40. The third-order valence-electron chi connectivity index (χ3n) is 10.2. The Bertz CT molecular complexity index is 3140. The highest BCUT2D eigenvalue weighted by Gasteiger charge is 2.25. The van der Waals surface area contributed by atoms with E-state index < -0.39 is 32.4 Å². The molecule has 0 spiro atoms. The molecule has 3 N–H and O–H groups in total. The number of alkyl halides is 4. The Morgan fingerprint density at radius 2 is 1.24 bits per heavy atom. The molecule has 6 heterocycles. The summed E-state index contributed by atoms with van der Waals surface area (Å²) in [6.45, 7) is 13.2. The van der Waals surface area contributed by atoms with Gasteiger partial charge in [0.2, 0.25) is 0 Å². The summed E-state index contributed by atoms with van der Waals surface area (Å²) in [5.74, 6) is -0.526. The summed E-state index contributed by atoms with van der Waals surface area (Å²) >= 11 is 0. The van der Waals surface area contributed by atoms with Gasteiger partial charge in [-0.05, 0) is 84.0 Å². The van der Waals surface area contributed by atoms with Gasteiger partial charge in [0.25, 0.3) is 11.8 Å². The standard InChI is InChI=1S/C26H34F2N6O3Si.C20H20F2N6O2/c1-26(2,3)31-24(35)18-14-34(15-36-10-11-38(5,6)7)23-22(18)30-19(13-29-23)21-17-12-16(37-25(27)28)8-9-20(17)33(4)32-21;1-20(2,3)26-18(29)12-8-23-17-16(12)25-13(9-24-17)15-11-7-10(30-19(21)22)5-6-14(11)28(4)27-15/h8-9,12-14,25H,10-11,15H2,1-7H3,(H,31,35);5-9,19H,1-4H3,(H,23,24)(H,26,29). The second-order valence-electron chi connectivity index (χ2n) is 19.4. The van der Waals surface area contributed by atoms with Crippen LogP contribution >= 0.6 is 0 Å². The molecule has 0 atom stereocenters. The Labute approximate surface area is 389 Å². The summed E-state index contributed by atoms with van der Waals surface area (Å²) in [6.07, 6.45) is 6.34. The van der Waals surface area contributed by atoms with Gasteiger partial charge >= 0.3 is 13.2 Å². The minimum Gasteiger partial charge on any atom is -0.435 e. The van der Waals surface area contributed by atoms with Gasteiger partial charge in [-0.15, -0.1) is 0 Å². The number of halogens is 4. The van der Waals surface area contributed by atoms with E-state index in [1.54, 1.807) is 58.7 Å². The summed E-state index contributed by atoms with van der Waals surface area (Å²) in [5.41, 5.74) is 4.74. The summed E-state index contributed by atoms with van der Waals surface area (Å²) in [6, 6.07) is 10.2. The number of carbonyl (C=O) groups excluding carboxylic acids is 2. The van der Waals surface area contributed by atoms with Crippen molar-refractivity contribution in [2.75, 3.05) is 6.61 Å². The molecule has 2 aromatic carbocycles. The van der Waals surface area contributed by atoms with Crippen molar-refractivity contribution in [3.05, 3.63) is 72.3 Å². The van der Waals surface area contributed by atoms with Crippen LogP contribution in [0.2, 0.25) is 25.7 Å². The summed E-state index contributed by atoms with van der Waals surface area (Å²) < 4.78 is 70.9. The normalized spacial score (nSPS) is 12.4. The molecule has 22 heteroatoms. The van der Waals surface area contributed by atoms with Crippen LogP contribution in [0, 0.1) is 0 Å². The van der Waals surface area contributed by atoms with Gasteiger partial charge in [-0.25, -0.2) is 19.9 Å². The molecular weight excluding hydrogens is 905 g/mol. The van der Waals surface area contributed by atoms with E-state index >= 15 is 0 Å². The fourth-order valence-electron chi connectivity index (χ4n) is 7.19. The van der Waals surface area contributed by atoms with Crippen LogP contribution < -0.4 is 20.1 Å². The van der Waals surface area contributed by atoms with Crippen LogP contribution in [-0.4, -0.2) is 99.8 Å². The molecule has 0 aliphatic carbocycles. The second-order valence-corrected chi connectivity index (χ2v) is 25.0. The largest absolute Gasteiger partial charge is 0.435 e. The number of rotatable bonds is 13. The molecule has 8 rings (SSSR count). The first-order valence-corrected chi connectivity index (χ1v) is 25.3. The smallest absolute Gasteiger partial charge is 0.387 e. The zero-order chi connectivity index (χ0) is 49.5. The van der Waals surface area contributed by atoms with Crippen molar-refractivity contribution in [3.8, 4) is 34.3 Å². The van der Waals surface area contributed by atoms with Crippen molar-refractivity contribution in [2.24, 2.45) is 14.1 Å². The number of carbonyl (C=O) groups is 2. The zero-order valence-electron chi connectivity index (χ0n) is 39.6. The minimum atomic E-state index is -2.94. The molecule has 0 saturated heterocycles. The Morgan fingerprint density at radius 3 is 1.74 bits per heavy atom. The van der Waals surface area contributed by atoms with Crippen LogP contribution in [0.3, 0.4) is 0 Å². The van der Waals surface area contributed by atoms with Crippen molar-refractivity contribution in [1.82, 2.24) is 59.7 Å². The molecule has 0 aliphatic heterocycles. The molecule has 0 radical (unpaired) electrons. The third-order valence-corrected chi connectivity index (χ3v) is 11.9. The first-order chi connectivity index (χ1) is 31.8. The number of amides is 2. The van der Waals surface area contributed by atoms with E-state index in [1.165, 1.54) is 30.5 Å². The van der Waals surface area contributed by atoms with Gasteiger partial charge in [0.1, 0.15) is 52.0 Å². The van der Waals surface area contributed by atoms with E-state index in [0.717, 1.165) is 6.04 Å². The van der Waals surface area contributed by atoms with Gasteiger partial charge in [0.15, 0.2) is 11.3 Å². The Kier molecular flexibility index (Phi) is 13.7. The molecule has 0 bridgehead atoms. The summed E-state index contributed by atoms with van der Waals surface area (Å²) in [5, 5.41) is 16.1. The molecule has 0 unspecified atom stereocenters. The number of fused-ring (bicyclic) bond motifs is 4. The number of hydrogen-bond donors (Lipinski definition) is 3. The van der Waals surface area contributed by atoms with Gasteiger partial charge in [0.05, 0.1) is 34.6 Å². The second kappa shape index (κ2) is 19.0. The van der Waals surface area contributed by atoms with E-state index in [-0.39, 0.29) is 30.0 Å². The van der Waals surface area contributed by atoms with E-state index in [1.807, 2.05) is 41.5 Å². The number of hydrogen-bond acceptors (Lipinski definition) is 11. The van der Waals surface area contributed by atoms with E-state index in [0.29, 0.717) is 84.6 Å². The molecule has 0 fully saturated rings. The number of aryl methyl sites for hydroxylation is 2. The van der Waals surface area contributed by atoms with Crippen molar-refractivity contribution >= 4 is 64.0 Å². The van der Waals surface area contributed by atoms with Crippen LogP contribution in [0.25, 0.3) is 66.9 Å².